The summed E-state index contributed by atoms with van der Waals surface area (Å²) in [6.07, 6.45) is 4.53. The van der Waals surface area contributed by atoms with Gasteiger partial charge < -0.3 is 9.84 Å². The monoisotopic (exact) mass is 255 g/mol. The summed E-state index contributed by atoms with van der Waals surface area (Å²) in [5.41, 5.74) is -0.431. The summed E-state index contributed by atoms with van der Waals surface area (Å²) in [6.45, 7) is 6.60. The van der Waals surface area contributed by atoms with Gasteiger partial charge in [-0.3, -0.25) is 9.69 Å². The molecular weight excluding hydrogens is 230 g/mol. The van der Waals surface area contributed by atoms with E-state index in [1.807, 2.05) is 20.8 Å². The van der Waals surface area contributed by atoms with E-state index >= 15 is 0 Å². The Bertz CT molecular complexity index is 311. The third kappa shape index (κ3) is 3.04. The van der Waals surface area contributed by atoms with Crippen molar-refractivity contribution in [1.82, 2.24) is 4.90 Å². The van der Waals surface area contributed by atoms with Gasteiger partial charge in [-0.2, -0.15) is 0 Å². The van der Waals surface area contributed by atoms with Crippen molar-refractivity contribution in [2.75, 3.05) is 6.54 Å². The van der Waals surface area contributed by atoms with Crippen molar-refractivity contribution < 1.29 is 14.6 Å². The Morgan fingerprint density at radius 1 is 1.22 bits per heavy atom. The summed E-state index contributed by atoms with van der Waals surface area (Å²) in [7, 11) is 0. The van der Waals surface area contributed by atoms with Gasteiger partial charge in [-0.05, 0) is 59.4 Å². The van der Waals surface area contributed by atoms with Gasteiger partial charge in [0.05, 0.1) is 6.10 Å². The van der Waals surface area contributed by atoms with Gasteiger partial charge >= 0.3 is 5.97 Å². The Kier molecular flexibility index (Phi) is 3.97. The molecule has 0 aromatic rings. The molecule has 0 amide bonds. The first kappa shape index (κ1) is 13.8. The highest BCUT2D eigenvalue weighted by molar-refractivity contribution is 5.76. The first-order valence-electron chi connectivity index (χ1n) is 7.05. The average molecular weight is 255 g/mol. The lowest BCUT2D eigenvalue weighted by Gasteiger charge is -2.32. The van der Waals surface area contributed by atoms with Crippen LogP contribution in [0.15, 0.2) is 0 Å². The number of carbonyl (C=O) groups is 1. The summed E-state index contributed by atoms with van der Waals surface area (Å²) in [6, 6.07) is 0.00648. The summed E-state index contributed by atoms with van der Waals surface area (Å²) in [5, 5.41) is 9.99. The second kappa shape index (κ2) is 5.17. The number of ether oxygens (including phenoxy) is 1. The second-order valence-corrected chi connectivity index (χ2v) is 6.49. The first-order chi connectivity index (χ1) is 8.38. The largest absolute Gasteiger partial charge is 0.459 e. The van der Waals surface area contributed by atoms with Crippen LogP contribution in [-0.2, 0) is 9.53 Å². The molecule has 18 heavy (non-hydrogen) atoms. The quantitative estimate of drug-likeness (QED) is 0.763. The summed E-state index contributed by atoms with van der Waals surface area (Å²) in [5.74, 6) is -0.126. The number of likely N-dealkylation sites (tertiary alicyclic amines) is 1. The van der Waals surface area contributed by atoms with Crippen LogP contribution in [0.5, 0.6) is 0 Å². The molecule has 0 spiro atoms. The summed E-state index contributed by atoms with van der Waals surface area (Å²) in [4.78, 5) is 14.4. The fourth-order valence-corrected chi connectivity index (χ4v) is 3.12. The van der Waals surface area contributed by atoms with Crippen LogP contribution in [0.3, 0.4) is 0 Å². The highest BCUT2D eigenvalue weighted by Gasteiger charge is 2.41. The van der Waals surface area contributed by atoms with E-state index in [-0.39, 0.29) is 24.2 Å². The van der Waals surface area contributed by atoms with E-state index in [1.54, 1.807) is 0 Å². The molecular formula is C14H25NO3. The van der Waals surface area contributed by atoms with E-state index in [4.69, 9.17) is 4.74 Å². The van der Waals surface area contributed by atoms with Gasteiger partial charge in [-0.15, -0.1) is 0 Å². The van der Waals surface area contributed by atoms with Gasteiger partial charge in [0.2, 0.25) is 0 Å². The number of esters is 1. The van der Waals surface area contributed by atoms with Gasteiger partial charge in [0.15, 0.2) is 0 Å². The van der Waals surface area contributed by atoms with Crippen molar-refractivity contribution in [2.24, 2.45) is 0 Å². The SMILES string of the molecule is CC(C)(C)OC(=O)[C@@H]1CCCN1C1CCCC1O. The van der Waals surface area contributed by atoms with Crippen LogP contribution in [0.25, 0.3) is 0 Å². The molecule has 0 aromatic carbocycles. The van der Waals surface area contributed by atoms with Crippen LogP contribution in [0, 0.1) is 0 Å². The third-order valence-corrected chi connectivity index (χ3v) is 3.84. The fraction of sp³-hybridized carbons (Fsp3) is 0.929. The molecule has 2 unspecified atom stereocenters. The smallest absolute Gasteiger partial charge is 0.323 e. The van der Waals surface area contributed by atoms with Crippen molar-refractivity contribution in [2.45, 2.75) is 76.7 Å². The Morgan fingerprint density at radius 2 is 1.94 bits per heavy atom. The standard InChI is InChI=1S/C14H25NO3/c1-14(2,3)18-13(17)11-7-5-9-15(11)10-6-4-8-12(10)16/h10-12,16H,4-9H2,1-3H3/t10?,11-,12?/m0/s1. The van der Waals surface area contributed by atoms with E-state index in [9.17, 15) is 9.90 Å². The van der Waals surface area contributed by atoms with Crippen LogP contribution < -0.4 is 0 Å². The lowest BCUT2D eigenvalue weighted by molar-refractivity contribution is -0.161. The minimum absolute atomic E-state index is 0.126. The van der Waals surface area contributed by atoms with Crippen molar-refractivity contribution in [3.63, 3.8) is 0 Å². The number of hydrogen-bond donors (Lipinski definition) is 1. The van der Waals surface area contributed by atoms with E-state index < -0.39 is 5.60 Å². The topological polar surface area (TPSA) is 49.8 Å². The molecule has 2 rings (SSSR count). The van der Waals surface area contributed by atoms with Gasteiger partial charge in [0, 0.05) is 6.04 Å². The van der Waals surface area contributed by atoms with Crippen molar-refractivity contribution >= 4 is 5.97 Å². The Labute approximate surface area is 109 Å². The lowest BCUT2D eigenvalue weighted by atomic mass is 10.1. The zero-order valence-corrected chi connectivity index (χ0v) is 11.7. The second-order valence-electron chi connectivity index (χ2n) is 6.49. The summed E-state index contributed by atoms with van der Waals surface area (Å²) < 4.78 is 5.48. The molecule has 0 aromatic heterocycles. The number of carbonyl (C=O) groups excluding carboxylic acids is 1. The van der Waals surface area contributed by atoms with Crippen molar-refractivity contribution in [3.8, 4) is 0 Å². The molecule has 2 aliphatic rings. The van der Waals surface area contributed by atoms with Gasteiger partial charge in [-0.25, -0.2) is 0 Å². The van der Waals surface area contributed by atoms with Crippen LogP contribution in [0.1, 0.15) is 52.9 Å². The molecule has 1 saturated carbocycles. The molecule has 4 nitrogen and oxygen atoms in total. The Hall–Kier alpha value is -0.610. The van der Waals surface area contributed by atoms with E-state index in [0.29, 0.717) is 0 Å². The molecule has 1 aliphatic heterocycles. The number of nitrogens with zero attached hydrogens (tertiary/aromatic N) is 1. The predicted octanol–water partition coefficient (Wildman–Crippen LogP) is 1.71. The van der Waals surface area contributed by atoms with Crippen LogP contribution in [0.2, 0.25) is 0 Å². The molecule has 1 N–H and O–H groups in total. The van der Waals surface area contributed by atoms with Crippen LogP contribution >= 0.6 is 0 Å². The van der Waals surface area contributed by atoms with Crippen molar-refractivity contribution in [3.05, 3.63) is 0 Å². The zero-order chi connectivity index (χ0) is 13.3. The maximum Gasteiger partial charge on any atom is 0.323 e. The molecule has 4 heteroatoms. The number of aliphatic hydroxyl groups excluding tert-OH is 1. The minimum Gasteiger partial charge on any atom is -0.459 e. The maximum absolute atomic E-state index is 12.2. The normalized spacial score (nSPS) is 33.9. The lowest BCUT2D eigenvalue weighted by Crippen LogP contribution is -2.48. The fourth-order valence-electron chi connectivity index (χ4n) is 3.12. The molecule has 1 heterocycles. The molecule has 0 bridgehead atoms. The average Bonchev–Trinajstić information content (AvgIpc) is 2.82. The van der Waals surface area contributed by atoms with Crippen molar-refractivity contribution in [1.29, 1.82) is 0 Å². The van der Waals surface area contributed by atoms with Gasteiger partial charge in [0.1, 0.15) is 11.6 Å². The first-order valence-corrected chi connectivity index (χ1v) is 7.05. The zero-order valence-electron chi connectivity index (χ0n) is 11.7. The molecule has 2 fully saturated rings. The highest BCUT2D eigenvalue weighted by atomic mass is 16.6. The minimum atomic E-state index is -0.431. The third-order valence-electron chi connectivity index (χ3n) is 3.84. The number of aliphatic hydroxyl groups is 1. The number of rotatable bonds is 2. The summed E-state index contributed by atoms with van der Waals surface area (Å²) >= 11 is 0. The number of hydrogen-bond acceptors (Lipinski definition) is 4. The Morgan fingerprint density at radius 3 is 2.50 bits per heavy atom. The highest BCUT2D eigenvalue weighted by Crippen LogP contribution is 2.31. The molecule has 1 aliphatic carbocycles. The van der Waals surface area contributed by atoms with E-state index in [2.05, 4.69) is 4.90 Å². The molecule has 0 radical (unpaired) electrons. The molecule has 3 atom stereocenters. The molecule has 104 valence electrons. The predicted molar refractivity (Wildman–Crippen MR) is 69.2 cm³/mol. The van der Waals surface area contributed by atoms with E-state index in [1.165, 1.54) is 0 Å². The Balaban J connectivity index is 2.01. The van der Waals surface area contributed by atoms with Crippen LogP contribution in [-0.4, -0.2) is 46.3 Å². The van der Waals surface area contributed by atoms with Gasteiger partial charge in [-0.1, -0.05) is 0 Å². The maximum atomic E-state index is 12.2. The molecule has 1 saturated heterocycles. The van der Waals surface area contributed by atoms with Gasteiger partial charge in [0.25, 0.3) is 0 Å². The van der Waals surface area contributed by atoms with E-state index in [0.717, 1.165) is 38.6 Å². The van der Waals surface area contributed by atoms with Crippen LogP contribution in [0.4, 0.5) is 0 Å².